The summed E-state index contributed by atoms with van der Waals surface area (Å²) in [5.41, 5.74) is 12.5. The number of hydrogen-bond donors (Lipinski definition) is 2. The minimum Gasteiger partial charge on any atom is -0.399 e. The molecule has 0 amide bonds. The van der Waals surface area contributed by atoms with Crippen LogP contribution in [0.15, 0.2) is 23.9 Å². The molecule has 4 N–H and O–H groups in total. The summed E-state index contributed by atoms with van der Waals surface area (Å²) in [6, 6.07) is 0. The predicted molar refractivity (Wildman–Crippen MR) is 52.4 cm³/mol. The van der Waals surface area contributed by atoms with Gasteiger partial charge in [0, 0.05) is 11.2 Å². The maximum Gasteiger partial charge on any atom is 0.0404 e. The zero-order chi connectivity index (χ0) is 9.19. The first-order valence-corrected chi connectivity index (χ1v) is 4.52. The van der Waals surface area contributed by atoms with E-state index in [2.05, 4.69) is 13.8 Å². The summed E-state index contributed by atoms with van der Waals surface area (Å²) in [6.45, 7) is 4.34. The summed E-state index contributed by atoms with van der Waals surface area (Å²) < 4.78 is 0. The highest BCUT2D eigenvalue weighted by atomic mass is 14.8. The number of nitrogens with two attached hydrogens (primary N) is 2. The Bertz CT molecular complexity index is 218. The molecule has 2 nitrogen and oxygen atoms in total. The SMILES string of the molecule is CCC(C)C1(N)C=CC(N)=CC1. The Morgan fingerprint density at radius 1 is 1.67 bits per heavy atom. The molecule has 0 aliphatic heterocycles. The highest BCUT2D eigenvalue weighted by molar-refractivity contribution is 5.27. The molecule has 2 atom stereocenters. The van der Waals surface area contributed by atoms with E-state index in [0.29, 0.717) is 5.92 Å². The molecule has 0 aromatic heterocycles. The van der Waals surface area contributed by atoms with Crippen molar-refractivity contribution in [2.75, 3.05) is 0 Å². The van der Waals surface area contributed by atoms with E-state index in [1.807, 2.05) is 18.2 Å². The van der Waals surface area contributed by atoms with Gasteiger partial charge in [-0.25, -0.2) is 0 Å². The minimum atomic E-state index is -0.169. The van der Waals surface area contributed by atoms with Crippen LogP contribution in [0.25, 0.3) is 0 Å². The molecule has 1 rings (SSSR count). The lowest BCUT2D eigenvalue weighted by molar-refractivity contribution is 0.348. The highest BCUT2D eigenvalue weighted by Crippen LogP contribution is 2.26. The minimum absolute atomic E-state index is 0.169. The van der Waals surface area contributed by atoms with E-state index >= 15 is 0 Å². The molecule has 1 aliphatic carbocycles. The second-order valence-electron chi connectivity index (χ2n) is 3.66. The lowest BCUT2D eigenvalue weighted by atomic mass is 9.79. The van der Waals surface area contributed by atoms with Crippen LogP contribution in [0.4, 0.5) is 0 Å². The van der Waals surface area contributed by atoms with Crippen LogP contribution in [-0.4, -0.2) is 5.54 Å². The maximum absolute atomic E-state index is 6.19. The third kappa shape index (κ3) is 1.69. The van der Waals surface area contributed by atoms with Crippen LogP contribution in [0.5, 0.6) is 0 Å². The van der Waals surface area contributed by atoms with Crippen molar-refractivity contribution in [1.82, 2.24) is 0 Å². The molecule has 0 bridgehead atoms. The van der Waals surface area contributed by atoms with Crippen LogP contribution < -0.4 is 11.5 Å². The van der Waals surface area contributed by atoms with Crippen molar-refractivity contribution in [1.29, 1.82) is 0 Å². The van der Waals surface area contributed by atoms with Gasteiger partial charge in [0.25, 0.3) is 0 Å². The second kappa shape index (κ2) is 3.31. The van der Waals surface area contributed by atoms with E-state index in [1.165, 1.54) is 0 Å². The standard InChI is InChI=1S/C10H18N2/c1-3-8(2)10(12)6-4-9(11)5-7-10/h4-6,8H,3,7,11-12H2,1-2H3. The molecule has 0 fully saturated rings. The van der Waals surface area contributed by atoms with E-state index in [9.17, 15) is 0 Å². The smallest absolute Gasteiger partial charge is 0.0404 e. The lowest BCUT2D eigenvalue weighted by Crippen LogP contribution is -2.44. The molecular weight excluding hydrogens is 148 g/mol. The Morgan fingerprint density at radius 2 is 2.33 bits per heavy atom. The summed E-state index contributed by atoms with van der Waals surface area (Å²) in [5, 5.41) is 0. The van der Waals surface area contributed by atoms with Gasteiger partial charge < -0.3 is 11.5 Å². The molecule has 0 aromatic rings. The van der Waals surface area contributed by atoms with E-state index in [-0.39, 0.29) is 5.54 Å². The Kier molecular flexibility index (Phi) is 2.58. The molecule has 1 aliphatic rings. The molecule has 0 saturated carbocycles. The highest BCUT2D eigenvalue weighted by Gasteiger charge is 2.28. The van der Waals surface area contributed by atoms with E-state index < -0.39 is 0 Å². The van der Waals surface area contributed by atoms with E-state index in [1.54, 1.807) is 0 Å². The number of rotatable bonds is 2. The first-order valence-electron chi connectivity index (χ1n) is 4.52. The fourth-order valence-corrected chi connectivity index (χ4v) is 1.43. The third-order valence-electron chi connectivity index (χ3n) is 2.81. The maximum atomic E-state index is 6.19. The molecular formula is C10H18N2. The summed E-state index contributed by atoms with van der Waals surface area (Å²) >= 11 is 0. The average molecular weight is 166 g/mol. The van der Waals surface area contributed by atoms with Gasteiger partial charge in [-0.15, -0.1) is 0 Å². The van der Waals surface area contributed by atoms with E-state index in [0.717, 1.165) is 18.5 Å². The zero-order valence-electron chi connectivity index (χ0n) is 7.88. The summed E-state index contributed by atoms with van der Waals surface area (Å²) in [5.74, 6) is 0.512. The van der Waals surface area contributed by atoms with Gasteiger partial charge in [-0.05, 0) is 18.4 Å². The van der Waals surface area contributed by atoms with Gasteiger partial charge in [0.05, 0.1) is 0 Å². The summed E-state index contributed by atoms with van der Waals surface area (Å²) in [6.07, 6.45) is 7.93. The molecule has 0 heterocycles. The second-order valence-corrected chi connectivity index (χ2v) is 3.66. The number of allylic oxidation sites excluding steroid dienone is 1. The number of hydrogen-bond acceptors (Lipinski definition) is 2. The van der Waals surface area contributed by atoms with E-state index in [4.69, 9.17) is 11.5 Å². The van der Waals surface area contributed by atoms with Crippen molar-refractivity contribution in [3.8, 4) is 0 Å². The van der Waals surface area contributed by atoms with Crippen molar-refractivity contribution in [2.45, 2.75) is 32.2 Å². The van der Waals surface area contributed by atoms with Crippen LogP contribution in [-0.2, 0) is 0 Å². The molecule has 2 heteroatoms. The Balaban J connectivity index is 2.71. The molecule has 0 radical (unpaired) electrons. The van der Waals surface area contributed by atoms with Crippen molar-refractivity contribution >= 4 is 0 Å². The van der Waals surface area contributed by atoms with Gasteiger partial charge >= 0.3 is 0 Å². The topological polar surface area (TPSA) is 52.0 Å². The molecule has 12 heavy (non-hydrogen) atoms. The van der Waals surface area contributed by atoms with Gasteiger partial charge in [0.15, 0.2) is 0 Å². The van der Waals surface area contributed by atoms with Gasteiger partial charge in [-0.2, -0.15) is 0 Å². The lowest BCUT2D eigenvalue weighted by Gasteiger charge is -2.33. The summed E-state index contributed by atoms with van der Waals surface area (Å²) in [7, 11) is 0. The molecule has 0 spiro atoms. The van der Waals surface area contributed by atoms with Gasteiger partial charge in [0.2, 0.25) is 0 Å². The molecule has 68 valence electrons. The predicted octanol–water partition coefficient (Wildman–Crippen LogP) is 1.53. The Labute approximate surface area is 74.3 Å². The first kappa shape index (κ1) is 9.33. The third-order valence-corrected chi connectivity index (χ3v) is 2.81. The van der Waals surface area contributed by atoms with Gasteiger partial charge in [-0.3, -0.25) is 0 Å². The normalized spacial score (nSPS) is 31.4. The van der Waals surface area contributed by atoms with Crippen LogP contribution in [0.3, 0.4) is 0 Å². The Morgan fingerprint density at radius 3 is 2.75 bits per heavy atom. The molecule has 2 unspecified atom stereocenters. The first-order chi connectivity index (χ1) is 5.58. The van der Waals surface area contributed by atoms with Gasteiger partial charge in [-0.1, -0.05) is 32.4 Å². The van der Waals surface area contributed by atoms with Crippen molar-refractivity contribution < 1.29 is 0 Å². The molecule has 0 aromatic carbocycles. The molecule has 0 saturated heterocycles. The fraction of sp³-hybridized carbons (Fsp3) is 0.600. The monoisotopic (exact) mass is 166 g/mol. The average Bonchev–Trinajstić information content (AvgIpc) is 2.09. The summed E-state index contributed by atoms with van der Waals surface area (Å²) in [4.78, 5) is 0. The van der Waals surface area contributed by atoms with Gasteiger partial charge in [0.1, 0.15) is 0 Å². The fourth-order valence-electron chi connectivity index (χ4n) is 1.43. The zero-order valence-corrected chi connectivity index (χ0v) is 7.88. The van der Waals surface area contributed by atoms with Crippen LogP contribution in [0.1, 0.15) is 26.7 Å². The van der Waals surface area contributed by atoms with Crippen LogP contribution in [0.2, 0.25) is 0 Å². The van der Waals surface area contributed by atoms with Crippen molar-refractivity contribution in [2.24, 2.45) is 17.4 Å². The van der Waals surface area contributed by atoms with Crippen molar-refractivity contribution in [3.63, 3.8) is 0 Å². The Hall–Kier alpha value is -0.760. The van der Waals surface area contributed by atoms with Crippen LogP contribution >= 0.6 is 0 Å². The van der Waals surface area contributed by atoms with Crippen molar-refractivity contribution in [3.05, 3.63) is 23.9 Å². The van der Waals surface area contributed by atoms with Crippen LogP contribution in [0, 0.1) is 5.92 Å². The largest absolute Gasteiger partial charge is 0.399 e. The quantitative estimate of drug-likeness (QED) is 0.653.